The lowest BCUT2D eigenvalue weighted by molar-refractivity contribution is 0.613. The Morgan fingerprint density at radius 3 is 1.92 bits per heavy atom. The molecule has 0 aromatic rings. The van der Waals surface area contributed by atoms with Gasteiger partial charge >= 0.3 is 0 Å². The Morgan fingerprint density at radius 1 is 1.42 bits per heavy atom. The summed E-state index contributed by atoms with van der Waals surface area (Å²) in [5.41, 5.74) is 0.0201. The van der Waals surface area contributed by atoms with E-state index in [1.165, 1.54) is 5.20 Å². The second kappa shape index (κ2) is 3.69. The van der Waals surface area contributed by atoms with Crippen LogP contribution in [0.2, 0.25) is 19.6 Å². The molecular weight excluding hydrogens is 180 g/mol. The van der Waals surface area contributed by atoms with Crippen LogP contribution in [0.1, 0.15) is 13.8 Å². The smallest absolute Gasteiger partial charge is 0.0846 e. The maximum absolute atomic E-state index is 4.94. The van der Waals surface area contributed by atoms with Crippen LogP contribution >= 0.6 is 12.2 Å². The van der Waals surface area contributed by atoms with Gasteiger partial charge in [0.2, 0.25) is 0 Å². The molecule has 0 unspecified atom stereocenters. The average Bonchev–Trinajstić information content (AvgIpc) is 1.85. The van der Waals surface area contributed by atoms with E-state index in [4.69, 9.17) is 12.2 Å². The largest absolute Gasteiger partial charge is 0.102 e. The predicted octanol–water partition coefficient (Wildman–Crippen LogP) is 3.60. The minimum absolute atomic E-state index is 0.0201. The third kappa shape index (κ3) is 2.70. The molecule has 0 aromatic carbocycles. The molecule has 0 aliphatic carbocycles. The van der Waals surface area contributed by atoms with Gasteiger partial charge < -0.3 is 0 Å². The molecule has 0 radical (unpaired) electrons. The molecule has 0 aliphatic heterocycles. The SMILES string of the molecule is C=CC(C)(C)C(=C=S)[Si](C)(C)C. The van der Waals surface area contributed by atoms with Gasteiger partial charge in [-0.25, -0.2) is 0 Å². The Kier molecular flexibility index (Phi) is 3.64. The van der Waals surface area contributed by atoms with E-state index >= 15 is 0 Å². The van der Waals surface area contributed by atoms with Crippen LogP contribution in [-0.2, 0) is 0 Å². The fourth-order valence-corrected chi connectivity index (χ4v) is 4.88. The highest BCUT2D eigenvalue weighted by atomic mass is 32.1. The lowest BCUT2D eigenvalue weighted by atomic mass is 9.94. The molecule has 0 atom stereocenters. The van der Waals surface area contributed by atoms with Gasteiger partial charge in [0.25, 0.3) is 0 Å². The number of hydrogen-bond donors (Lipinski definition) is 0. The van der Waals surface area contributed by atoms with E-state index in [0.29, 0.717) is 0 Å². The molecule has 0 aliphatic rings. The van der Waals surface area contributed by atoms with E-state index in [-0.39, 0.29) is 5.41 Å². The van der Waals surface area contributed by atoms with Crippen LogP contribution in [0.25, 0.3) is 0 Å². The van der Waals surface area contributed by atoms with Crippen LogP contribution in [0.3, 0.4) is 0 Å². The Balaban J connectivity index is 5.11. The van der Waals surface area contributed by atoms with Crippen LogP contribution in [0.5, 0.6) is 0 Å². The molecule has 0 heterocycles. The van der Waals surface area contributed by atoms with E-state index in [1.807, 2.05) is 6.08 Å². The number of rotatable bonds is 3. The summed E-state index contributed by atoms with van der Waals surface area (Å²) in [6, 6.07) is 0. The third-order valence-corrected chi connectivity index (χ3v) is 4.66. The van der Waals surface area contributed by atoms with Crippen molar-refractivity contribution < 1.29 is 0 Å². The molecule has 68 valence electrons. The highest BCUT2D eigenvalue weighted by Crippen LogP contribution is 2.32. The van der Waals surface area contributed by atoms with Gasteiger partial charge in [-0.3, -0.25) is 0 Å². The fourth-order valence-electron chi connectivity index (χ4n) is 1.35. The molecular formula is C10H18SSi. The van der Waals surface area contributed by atoms with Gasteiger partial charge in [-0.1, -0.05) is 44.6 Å². The first-order chi connectivity index (χ1) is 5.25. The van der Waals surface area contributed by atoms with Crippen molar-refractivity contribution in [1.82, 2.24) is 0 Å². The number of allylic oxidation sites excluding steroid dienone is 2. The van der Waals surface area contributed by atoms with Crippen LogP contribution in [0, 0.1) is 5.41 Å². The van der Waals surface area contributed by atoms with Gasteiger partial charge in [0.1, 0.15) is 0 Å². The molecule has 0 aromatic heterocycles. The lowest BCUT2D eigenvalue weighted by Gasteiger charge is -2.30. The molecule has 0 fully saturated rings. The van der Waals surface area contributed by atoms with Crippen molar-refractivity contribution in [3.63, 3.8) is 0 Å². The van der Waals surface area contributed by atoms with Crippen molar-refractivity contribution in [2.45, 2.75) is 33.5 Å². The van der Waals surface area contributed by atoms with Crippen molar-refractivity contribution in [2.24, 2.45) is 5.41 Å². The molecule has 0 saturated carbocycles. The Hall–Kier alpha value is -0.173. The summed E-state index contributed by atoms with van der Waals surface area (Å²) in [7, 11) is -1.31. The van der Waals surface area contributed by atoms with Crippen molar-refractivity contribution >= 4 is 25.3 Å². The van der Waals surface area contributed by atoms with Gasteiger partial charge in [-0.05, 0) is 17.4 Å². The van der Waals surface area contributed by atoms with Crippen molar-refractivity contribution in [1.29, 1.82) is 0 Å². The number of thiocarbonyl (C=S) groups is 1. The van der Waals surface area contributed by atoms with Crippen LogP contribution in [-0.4, -0.2) is 13.1 Å². The highest BCUT2D eigenvalue weighted by molar-refractivity contribution is 7.78. The molecule has 0 nitrogen and oxygen atoms in total. The maximum Gasteiger partial charge on any atom is 0.0846 e. The molecule has 12 heavy (non-hydrogen) atoms. The zero-order valence-corrected chi connectivity index (χ0v) is 10.5. The average molecular weight is 198 g/mol. The highest BCUT2D eigenvalue weighted by Gasteiger charge is 2.30. The summed E-state index contributed by atoms with van der Waals surface area (Å²) in [6.07, 6.45) is 1.96. The van der Waals surface area contributed by atoms with Crippen LogP contribution in [0.15, 0.2) is 17.9 Å². The van der Waals surface area contributed by atoms with E-state index < -0.39 is 8.07 Å². The standard InChI is InChI=1S/C10H18SSi/c1-7-10(2,3)9(8-11)12(4,5)6/h7H,1H2,2-6H3. The van der Waals surface area contributed by atoms with Gasteiger partial charge in [-0.15, -0.1) is 6.58 Å². The second-order valence-electron chi connectivity index (χ2n) is 4.65. The molecule has 0 N–H and O–H groups in total. The predicted molar refractivity (Wildman–Crippen MR) is 63.4 cm³/mol. The quantitative estimate of drug-likeness (QED) is 0.379. The summed E-state index contributed by atoms with van der Waals surface area (Å²) < 4.78 is 0. The molecule has 0 amide bonds. The Morgan fingerprint density at radius 2 is 1.83 bits per heavy atom. The van der Waals surface area contributed by atoms with E-state index in [2.05, 4.69) is 45.1 Å². The first kappa shape index (κ1) is 11.8. The van der Waals surface area contributed by atoms with Gasteiger partial charge in [-0.2, -0.15) is 0 Å². The van der Waals surface area contributed by atoms with Gasteiger partial charge in [0.05, 0.1) is 8.07 Å². The molecule has 0 spiro atoms. The molecule has 0 rings (SSSR count). The topological polar surface area (TPSA) is 0 Å². The Labute approximate surface area is 82.4 Å². The monoisotopic (exact) mass is 198 g/mol. The van der Waals surface area contributed by atoms with Crippen LogP contribution in [0.4, 0.5) is 0 Å². The second-order valence-corrected chi connectivity index (χ2v) is 9.86. The first-order valence-corrected chi connectivity index (χ1v) is 8.06. The Bertz CT molecular complexity index is 227. The van der Waals surface area contributed by atoms with Crippen LogP contribution < -0.4 is 0 Å². The minimum Gasteiger partial charge on any atom is -0.102 e. The fraction of sp³-hybridized carbons (Fsp3) is 0.600. The van der Waals surface area contributed by atoms with Gasteiger partial charge in [0.15, 0.2) is 0 Å². The summed E-state index contributed by atoms with van der Waals surface area (Å²) in [4.78, 5) is 0. The van der Waals surface area contributed by atoms with Crippen molar-refractivity contribution in [2.75, 3.05) is 0 Å². The maximum atomic E-state index is 4.94. The third-order valence-electron chi connectivity index (χ3n) is 2.01. The van der Waals surface area contributed by atoms with Crippen molar-refractivity contribution in [3.8, 4) is 0 Å². The number of hydrogen-bond acceptors (Lipinski definition) is 1. The minimum atomic E-state index is -1.31. The van der Waals surface area contributed by atoms with Crippen molar-refractivity contribution in [3.05, 3.63) is 17.9 Å². The molecule has 0 bridgehead atoms. The first-order valence-electron chi connectivity index (χ1n) is 4.15. The summed E-state index contributed by atoms with van der Waals surface area (Å²) in [6.45, 7) is 15.0. The molecule has 2 heteroatoms. The lowest BCUT2D eigenvalue weighted by Crippen LogP contribution is -2.33. The van der Waals surface area contributed by atoms with E-state index in [1.54, 1.807) is 0 Å². The zero-order valence-electron chi connectivity index (χ0n) is 8.69. The van der Waals surface area contributed by atoms with E-state index in [9.17, 15) is 0 Å². The molecule has 0 saturated heterocycles. The zero-order chi connectivity index (χ0) is 9.99. The van der Waals surface area contributed by atoms with Gasteiger partial charge in [0, 0.05) is 5.41 Å². The van der Waals surface area contributed by atoms with E-state index in [0.717, 1.165) is 0 Å². The normalized spacial score (nSPS) is 12.1. The summed E-state index contributed by atoms with van der Waals surface area (Å²) in [5, 5.41) is 4.20. The summed E-state index contributed by atoms with van der Waals surface area (Å²) >= 11 is 4.94. The summed E-state index contributed by atoms with van der Waals surface area (Å²) in [5.74, 6) is 0.